The number of thioether (sulfide) groups is 1. The van der Waals surface area contributed by atoms with Gasteiger partial charge in [0.1, 0.15) is 0 Å². The number of nitrogens with one attached hydrogen (secondary N) is 1. The lowest BCUT2D eigenvalue weighted by Gasteiger charge is -2.18. The van der Waals surface area contributed by atoms with Gasteiger partial charge < -0.3 is 0 Å². The second-order valence-electron chi connectivity index (χ2n) is 4.53. The maximum absolute atomic E-state index is 5.67. The van der Waals surface area contributed by atoms with E-state index in [1.807, 2.05) is 10.9 Å². The molecule has 0 aliphatic heterocycles. The summed E-state index contributed by atoms with van der Waals surface area (Å²) < 4.78 is 2.01. The van der Waals surface area contributed by atoms with Gasteiger partial charge in [-0.3, -0.25) is 16.0 Å². The third-order valence-electron chi connectivity index (χ3n) is 3.41. The minimum atomic E-state index is 0.211. The number of hydrogen-bond donors (Lipinski definition) is 2. The van der Waals surface area contributed by atoms with Crippen molar-refractivity contribution >= 4 is 11.8 Å². The summed E-state index contributed by atoms with van der Waals surface area (Å²) in [6, 6.07) is 2.27. The van der Waals surface area contributed by atoms with Crippen molar-refractivity contribution in [3.63, 3.8) is 0 Å². The summed E-state index contributed by atoms with van der Waals surface area (Å²) in [4.78, 5) is 0. The molecule has 1 fully saturated rings. The van der Waals surface area contributed by atoms with Gasteiger partial charge in [-0.1, -0.05) is 12.8 Å². The summed E-state index contributed by atoms with van der Waals surface area (Å²) in [5.74, 6) is 6.70. The monoisotopic (exact) mass is 254 g/mol. The number of hydrazine groups is 1. The number of rotatable bonds is 6. The molecule has 1 atom stereocenters. The molecule has 1 heterocycles. The molecular formula is C12H22N4S. The second kappa shape index (κ2) is 6.42. The fourth-order valence-corrected chi connectivity index (χ4v) is 3.81. The molecule has 96 valence electrons. The number of nitrogens with two attached hydrogens (primary N) is 1. The molecule has 0 bridgehead atoms. The maximum atomic E-state index is 5.67. The van der Waals surface area contributed by atoms with Crippen LogP contribution in [-0.2, 0) is 6.54 Å². The third kappa shape index (κ3) is 3.24. The van der Waals surface area contributed by atoms with Gasteiger partial charge in [-0.25, -0.2) is 0 Å². The van der Waals surface area contributed by atoms with Gasteiger partial charge in [-0.05, 0) is 25.8 Å². The van der Waals surface area contributed by atoms with Crippen molar-refractivity contribution in [2.24, 2.45) is 5.84 Å². The zero-order valence-electron chi connectivity index (χ0n) is 10.4. The third-order valence-corrected chi connectivity index (χ3v) is 4.88. The van der Waals surface area contributed by atoms with Crippen molar-refractivity contribution in [1.29, 1.82) is 0 Å². The highest BCUT2D eigenvalue weighted by atomic mass is 32.2. The quantitative estimate of drug-likeness (QED) is 0.603. The molecule has 1 aliphatic carbocycles. The Hall–Kier alpha value is -0.520. The highest BCUT2D eigenvalue weighted by Gasteiger charge is 2.19. The van der Waals surface area contributed by atoms with Crippen molar-refractivity contribution in [2.75, 3.05) is 5.75 Å². The molecule has 2 rings (SSSR count). The van der Waals surface area contributed by atoms with Crippen LogP contribution in [0.15, 0.2) is 12.3 Å². The summed E-state index contributed by atoms with van der Waals surface area (Å²) in [6.07, 6.45) is 7.38. The topological polar surface area (TPSA) is 55.9 Å². The Bertz CT molecular complexity index is 333. The molecule has 0 amide bonds. The Balaban J connectivity index is 1.91. The molecule has 0 radical (unpaired) electrons. The largest absolute Gasteiger partial charge is 0.271 e. The van der Waals surface area contributed by atoms with Crippen LogP contribution in [0, 0.1) is 0 Å². The predicted molar refractivity (Wildman–Crippen MR) is 72.7 cm³/mol. The van der Waals surface area contributed by atoms with Crippen LogP contribution in [0.4, 0.5) is 0 Å². The van der Waals surface area contributed by atoms with Crippen LogP contribution >= 0.6 is 11.8 Å². The van der Waals surface area contributed by atoms with Gasteiger partial charge >= 0.3 is 0 Å². The Morgan fingerprint density at radius 3 is 3.00 bits per heavy atom. The highest BCUT2D eigenvalue weighted by molar-refractivity contribution is 7.99. The van der Waals surface area contributed by atoms with Crippen LogP contribution < -0.4 is 11.3 Å². The molecule has 1 aromatic rings. The average Bonchev–Trinajstić information content (AvgIpc) is 3.00. The van der Waals surface area contributed by atoms with E-state index in [4.69, 9.17) is 5.84 Å². The first kappa shape index (κ1) is 12.9. The summed E-state index contributed by atoms with van der Waals surface area (Å²) >= 11 is 2.05. The van der Waals surface area contributed by atoms with Crippen molar-refractivity contribution in [3.8, 4) is 0 Å². The SMILES string of the molecule is CCn1nccc1C(CSC1CCCC1)NN. The normalized spacial score (nSPS) is 18.7. The zero-order chi connectivity index (χ0) is 12.1. The standard InChI is InChI=1S/C12H22N4S/c1-2-16-12(7-8-14-16)11(15-13)9-17-10-5-3-4-6-10/h7-8,10-11,15H,2-6,9,13H2,1H3. The Labute approximate surface area is 107 Å². The Morgan fingerprint density at radius 2 is 2.35 bits per heavy atom. The predicted octanol–water partition coefficient (Wildman–Crippen LogP) is 2.08. The number of aromatic nitrogens is 2. The fourth-order valence-electron chi connectivity index (χ4n) is 2.41. The molecule has 4 nitrogen and oxygen atoms in total. The second-order valence-corrected chi connectivity index (χ2v) is 5.86. The summed E-state index contributed by atoms with van der Waals surface area (Å²) in [6.45, 7) is 3.00. The molecular weight excluding hydrogens is 232 g/mol. The number of aryl methyl sites for hydroxylation is 1. The van der Waals surface area contributed by atoms with E-state index in [1.165, 1.54) is 31.4 Å². The number of hydrogen-bond acceptors (Lipinski definition) is 4. The Kier molecular flexibility index (Phi) is 4.88. The first-order valence-electron chi connectivity index (χ1n) is 6.44. The van der Waals surface area contributed by atoms with E-state index in [-0.39, 0.29) is 6.04 Å². The molecule has 0 aromatic carbocycles. The Morgan fingerprint density at radius 1 is 1.59 bits per heavy atom. The lowest BCUT2D eigenvalue weighted by Crippen LogP contribution is -2.32. The molecule has 3 N–H and O–H groups in total. The van der Waals surface area contributed by atoms with Gasteiger partial charge in [0.15, 0.2) is 0 Å². The molecule has 1 aliphatic rings. The molecule has 1 saturated carbocycles. The van der Waals surface area contributed by atoms with Crippen molar-refractivity contribution in [2.45, 2.75) is 50.4 Å². The van der Waals surface area contributed by atoms with Gasteiger partial charge in [0.25, 0.3) is 0 Å². The van der Waals surface area contributed by atoms with E-state index in [0.29, 0.717) is 0 Å². The van der Waals surface area contributed by atoms with Gasteiger partial charge in [0.05, 0.1) is 11.7 Å². The average molecular weight is 254 g/mol. The van der Waals surface area contributed by atoms with Gasteiger partial charge in [-0.2, -0.15) is 16.9 Å². The lowest BCUT2D eigenvalue weighted by molar-refractivity contribution is 0.527. The van der Waals surface area contributed by atoms with Crippen LogP contribution in [0.5, 0.6) is 0 Å². The first-order chi connectivity index (χ1) is 8.35. The lowest BCUT2D eigenvalue weighted by atomic mass is 10.2. The van der Waals surface area contributed by atoms with E-state index in [0.717, 1.165) is 17.5 Å². The molecule has 0 saturated heterocycles. The van der Waals surface area contributed by atoms with E-state index in [9.17, 15) is 0 Å². The smallest absolute Gasteiger partial charge is 0.0719 e. The van der Waals surface area contributed by atoms with Gasteiger partial charge in [0, 0.05) is 23.7 Å². The summed E-state index contributed by atoms with van der Waals surface area (Å²) in [5.41, 5.74) is 4.12. The van der Waals surface area contributed by atoms with Crippen molar-refractivity contribution in [1.82, 2.24) is 15.2 Å². The van der Waals surface area contributed by atoms with Crippen LogP contribution in [0.2, 0.25) is 0 Å². The minimum absolute atomic E-state index is 0.211. The summed E-state index contributed by atoms with van der Waals surface area (Å²) in [5, 5.41) is 5.13. The molecule has 0 spiro atoms. The van der Waals surface area contributed by atoms with Crippen molar-refractivity contribution in [3.05, 3.63) is 18.0 Å². The van der Waals surface area contributed by atoms with E-state index < -0.39 is 0 Å². The maximum Gasteiger partial charge on any atom is 0.0719 e. The van der Waals surface area contributed by atoms with E-state index >= 15 is 0 Å². The van der Waals surface area contributed by atoms with Gasteiger partial charge in [-0.15, -0.1) is 0 Å². The van der Waals surface area contributed by atoms with Crippen LogP contribution in [0.3, 0.4) is 0 Å². The summed E-state index contributed by atoms with van der Waals surface area (Å²) in [7, 11) is 0. The molecule has 5 heteroatoms. The first-order valence-corrected chi connectivity index (χ1v) is 7.49. The zero-order valence-corrected chi connectivity index (χ0v) is 11.2. The number of nitrogens with zero attached hydrogens (tertiary/aromatic N) is 2. The minimum Gasteiger partial charge on any atom is -0.271 e. The molecule has 17 heavy (non-hydrogen) atoms. The van der Waals surface area contributed by atoms with Crippen LogP contribution in [0.25, 0.3) is 0 Å². The fraction of sp³-hybridized carbons (Fsp3) is 0.750. The van der Waals surface area contributed by atoms with Gasteiger partial charge in [0.2, 0.25) is 0 Å². The van der Waals surface area contributed by atoms with Crippen LogP contribution in [-0.4, -0.2) is 20.8 Å². The van der Waals surface area contributed by atoms with E-state index in [1.54, 1.807) is 0 Å². The molecule has 1 aromatic heterocycles. The molecule has 1 unspecified atom stereocenters. The van der Waals surface area contributed by atoms with Crippen molar-refractivity contribution < 1.29 is 0 Å². The van der Waals surface area contributed by atoms with Crippen LogP contribution in [0.1, 0.15) is 44.3 Å². The highest BCUT2D eigenvalue weighted by Crippen LogP contribution is 2.31. The van der Waals surface area contributed by atoms with E-state index in [2.05, 4.69) is 35.3 Å².